The molecule has 7 nitrogen and oxygen atoms in total. The number of pyridine rings is 1. The van der Waals surface area contributed by atoms with Crippen molar-refractivity contribution in [1.29, 1.82) is 0 Å². The molecule has 11 rings (SSSR count). The Hall–Kier alpha value is -7.12. The number of rotatable bonds is 4. The van der Waals surface area contributed by atoms with Crippen molar-refractivity contribution in [1.82, 2.24) is 24.5 Å². The van der Waals surface area contributed by atoms with Gasteiger partial charge in [-0.15, -0.1) is 0 Å². The van der Waals surface area contributed by atoms with Crippen molar-refractivity contribution >= 4 is 65.7 Å². The highest BCUT2D eigenvalue weighted by Crippen LogP contribution is 2.39. The van der Waals surface area contributed by atoms with E-state index in [-0.39, 0.29) is 0 Å². The van der Waals surface area contributed by atoms with Gasteiger partial charge in [-0.3, -0.25) is 9.55 Å². The summed E-state index contributed by atoms with van der Waals surface area (Å²) in [4.78, 5) is 20.2. The lowest BCUT2D eigenvalue weighted by molar-refractivity contribution is 0.667. The molecule has 0 N–H and O–H groups in total. The lowest BCUT2D eigenvalue weighted by Crippen LogP contribution is -2.06. The lowest BCUT2D eigenvalue weighted by atomic mass is 9.98. The van der Waals surface area contributed by atoms with E-state index in [0.29, 0.717) is 23.2 Å². The molecule has 238 valence electrons. The van der Waals surface area contributed by atoms with E-state index in [4.69, 9.17) is 23.8 Å². The molecule has 0 atom stereocenters. The summed E-state index contributed by atoms with van der Waals surface area (Å²) < 4.78 is 14.6. The van der Waals surface area contributed by atoms with E-state index in [1.54, 1.807) is 6.20 Å². The van der Waals surface area contributed by atoms with E-state index < -0.39 is 0 Å². The largest absolute Gasteiger partial charge is 0.456 e. The summed E-state index contributed by atoms with van der Waals surface area (Å²) in [6.45, 7) is 0. The number of benzene rings is 6. The predicted molar refractivity (Wildman–Crippen MR) is 203 cm³/mol. The molecule has 0 aliphatic rings. The van der Waals surface area contributed by atoms with Crippen LogP contribution in [-0.2, 0) is 0 Å². The zero-order valence-electron chi connectivity index (χ0n) is 27.0. The van der Waals surface area contributed by atoms with Gasteiger partial charge in [0.2, 0.25) is 5.95 Å². The van der Waals surface area contributed by atoms with Crippen molar-refractivity contribution in [3.63, 3.8) is 0 Å². The van der Waals surface area contributed by atoms with Crippen LogP contribution >= 0.6 is 0 Å². The highest BCUT2D eigenvalue weighted by molar-refractivity contribution is 6.13. The Kier molecular flexibility index (Phi) is 5.83. The number of hydrogen-bond donors (Lipinski definition) is 0. The van der Waals surface area contributed by atoms with Crippen LogP contribution in [0.3, 0.4) is 0 Å². The van der Waals surface area contributed by atoms with E-state index >= 15 is 0 Å². The van der Waals surface area contributed by atoms with Gasteiger partial charge in [-0.05, 0) is 47.5 Å². The smallest absolute Gasteiger partial charge is 0.238 e. The standard InChI is InChI=1S/C44H25N5O2/c1-5-18-34-29(13-1)30-14-2-6-19-35(30)49(34)44-47-42(46-43(48-44)33-24-45-25-39-41(33)32-16-4-8-21-37(32)51-39)27-12-9-11-26(23-27)28-17-10-22-38-40(28)31-15-3-7-20-36(31)50-38/h1-25H. The Bertz CT molecular complexity index is 3120. The fourth-order valence-corrected chi connectivity index (χ4v) is 7.54. The highest BCUT2D eigenvalue weighted by atomic mass is 16.3. The summed E-state index contributed by atoms with van der Waals surface area (Å²) in [5, 5.41) is 6.31. The Morgan fingerprint density at radius 1 is 0.412 bits per heavy atom. The number of nitrogens with zero attached hydrogens (tertiary/aromatic N) is 5. The zero-order chi connectivity index (χ0) is 33.5. The van der Waals surface area contributed by atoms with Crippen LogP contribution in [0.15, 0.2) is 161 Å². The monoisotopic (exact) mass is 655 g/mol. The quantitative estimate of drug-likeness (QED) is 0.188. The maximum Gasteiger partial charge on any atom is 0.238 e. The van der Waals surface area contributed by atoms with Crippen LogP contribution in [0.4, 0.5) is 0 Å². The zero-order valence-corrected chi connectivity index (χ0v) is 27.0. The van der Waals surface area contributed by atoms with Crippen LogP contribution in [0.25, 0.3) is 106 Å². The minimum absolute atomic E-state index is 0.509. The number of furan rings is 2. The maximum absolute atomic E-state index is 6.23. The maximum atomic E-state index is 6.23. The summed E-state index contributed by atoms with van der Waals surface area (Å²) in [6.07, 6.45) is 3.57. The molecule has 11 aromatic rings. The molecular formula is C44H25N5O2. The second-order valence-electron chi connectivity index (χ2n) is 12.7. The first kappa shape index (κ1) is 27.8. The molecule has 0 bridgehead atoms. The van der Waals surface area contributed by atoms with Crippen LogP contribution in [0.5, 0.6) is 0 Å². The van der Waals surface area contributed by atoms with Gasteiger partial charge in [0.15, 0.2) is 17.2 Å². The lowest BCUT2D eigenvalue weighted by Gasteiger charge is -2.12. The molecule has 0 saturated heterocycles. The average molecular weight is 656 g/mol. The van der Waals surface area contributed by atoms with Crippen molar-refractivity contribution < 1.29 is 8.83 Å². The van der Waals surface area contributed by atoms with Crippen LogP contribution in [0, 0.1) is 0 Å². The van der Waals surface area contributed by atoms with E-state index in [1.165, 1.54) is 0 Å². The van der Waals surface area contributed by atoms with Crippen molar-refractivity contribution in [3.05, 3.63) is 152 Å². The molecule has 0 amide bonds. The molecule has 0 unspecified atom stereocenters. The molecule has 51 heavy (non-hydrogen) atoms. The second kappa shape index (κ2) is 10.7. The first-order valence-corrected chi connectivity index (χ1v) is 16.8. The predicted octanol–water partition coefficient (Wildman–Crippen LogP) is 11.2. The topological polar surface area (TPSA) is 82.8 Å². The van der Waals surface area contributed by atoms with Gasteiger partial charge in [-0.25, -0.2) is 4.98 Å². The molecule has 0 aliphatic carbocycles. The summed E-state index contributed by atoms with van der Waals surface area (Å²) in [5.74, 6) is 1.58. The minimum atomic E-state index is 0.509. The molecule has 5 heterocycles. The number of para-hydroxylation sites is 4. The van der Waals surface area contributed by atoms with E-state index in [0.717, 1.165) is 82.4 Å². The first-order valence-electron chi connectivity index (χ1n) is 16.8. The van der Waals surface area contributed by atoms with Crippen LogP contribution in [0.2, 0.25) is 0 Å². The Morgan fingerprint density at radius 2 is 0.980 bits per heavy atom. The minimum Gasteiger partial charge on any atom is -0.456 e. The van der Waals surface area contributed by atoms with Crippen LogP contribution in [0.1, 0.15) is 0 Å². The van der Waals surface area contributed by atoms with Gasteiger partial charge in [-0.2, -0.15) is 9.97 Å². The Balaban J connectivity index is 1.19. The SMILES string of the molecule is c1cc(-c2nc(-c3cncc4oc5ccccc5c34)nc(-n3c4ccccc4c4ccccc43)n2)cc(-c2cccc3oc4ccccc4c23)c1. The third kappa shape index (κ3) is 4.18. The van der Waals surface area contributed by atoms with Crippen LogP contribution in [-0.4, -0.2) is 24.5 Å². The summed E-state index contributed by atoms with van der Waals surface area (Å²) in [6, 6.07) is 47.5. The molecule has 0 aliphatic heterocycles. The highest BCUT2D eigenvalue weighted by Gasteiger charge is 2.21. The van der Waals surface area contributed by atoms with Gasteiger partial charge in [0.25, 0.3) is 0 Å². The fraction of sp³-hybridized carbons (Fsp3) is 0. The van der Waals surface area contributed by atoms with Gasteiger partial charge in [-0.1, -0.05) is 103 Å². The number of aromatic nitrogens is 5. The fourth-order valence-electron chi connectivity index (χ4n) is 7.54. The van der Waals surface area contributed by atoms with Gasteiger partial charge in [0.05, 0.1) is 17.2 Å². The van der Waals surface area contributed by atoms with Crippen LogP contribution < -0.4 is 0 Å². The van der Waals surface area contributed by atoms with E-state index in [1.807, 2.05) is 66.9 Å². The Labute approximate surface area is 290 Å². The first-order chi connectivity index (χ1) is 25.3. The van der Waals surface area contributed by atoms with Gasteiger partial charge in [0, 0.05) is 49.6 Å². The second-order valence-corrected chi connectivity index (χ2v) is 12.7. The van der Waals surface area contributed by atoms with Gasteiger partial charge >= 0.3 is 0 Å². The average Bonchev–Trinajstić information content (AvgIpc) is 3.87. The normalized spacial score (nSPS) is 11.9. The van der Waals surface area contributed by atoms with Crippen molar-refractivity contribution in [2.45, 2.75) is 0 Å². The summed E-state index contributed by atoms with van der Waals surface area (Å²) >= 11 is 0. The van der Waals surface area contributed by atoms with Gasteiger partial charge in [0.1, 0.15) is 16.7 Å². The summed E-state index contributed by atoms with van der Waals surface area (Å²) in [5.41, 5.74) is 8.95. The molecule has 0 saturated carbocycles. The Morgan fingerprint density at radius 3 is 1.73 bits per heavy atom. The van der Waals surface area contributed by atoms with Gasteiger partial charge < -0.3 is 8.83 Å². The van der Waals surface area contributed by atoms with E-state index in [2.05, 4.69) is 88.4 Å². The molecular weight excluding hydrogens is 631 g/mol. The molecule has 6 aromatic carbocycles. The van der Waals surface area contributed by atoms with Crippen molar-refractivity contribution in [3.8, 4) is 39.9 Å². The molecule has 5 aromatic heterocycles. The van der Waals surface area contributed by atoms with E-state index in [9.17, 15) is 0 Å². The summed E-state index contributed by atoms with van der Waals surface area (Å²) in [7, 11) is 0. The molecule has 0 spiro atoms. The molecule has 0 fully saturated rings. The molecule has 0 radical (unpaired) electrons. The molecule has 7 heteroatoms. The third-order valence-electron chi connectivity index (χ3n) is 9.77. The van der Waals surface area contributed by atoms with Crippen molar-refractivity contribution in [2.24, 2.45) is 0 Å². The number of hydrogen-bond acceptors (Lipinski definition) is 6. The number of fused-ring (bicyclic) bond motifs is 9. The third-order valence-corrected chi connectivity index (χ3v) is 9.77. The van der Waals surface area contributed by atoms with Crippen molar-refractivity contribution in [2.75, 3.05) is 0 Å².